The van der Waals surface area contributed by atoms with Gasteiger partial charge in [-0.05, 0) is 50.9 Å². The molecular weight excluding hydrogens is 323 g/mol. The minimum Gasteiger partial charge on any atom is -0.475 e. The molecule has 1 aliphatic carbocycles. The molecule has 2 aliphatic rings. The van der Waals surface area contributed by atoms with Crippen LogP contribution in [-0.4, -0.2) is 36.1 Å². The highest BCUT2D eigenvalue weighted by atomic mass is 19.4. The summed E-state index contributed by atoms with van der Waals surface area (Å²) in [4.78, 5) is 15.9. The van der Waals surface area contributed by atoms with Gasteiger partial charge in [-0.2, -0.15) is 13.2 Å². The Balaban J connectivity index is 1.58. The van der Waals surface area contributed by atoms with Crippen LogP contribution in [0.2, 0.25) is 0 Å². The fourth-order valence-corrected chi connectivity index (χ4v) is 3.23. The topological polar surface area (TPSA) is 63.2 Å². The number of rotatable bonds is 5. The summed E-state index contributed by atoms with van der Waals surface area (Å²) in [6.45, 7) is 5.04. The number of hydrogen-bond acceptors (Lipinski definition) is 4. The Morgan fingerprint density at radius 1 is 1.38 bits per heavy atom. The number of nitrogens with one attached hydrogen (secondary N) is 2. The van der Waals surface area contributed by atoms with Crippen molar-refractivity contribution in [3.63, 3.8) is 0 Å². The van der Waals surface area contributed by atoms with Crippen LogP contribution in [-0.2, 0) is 11.0 Å². The average Bonchev–Trinajstić information content (AvgIpc) is 2.98. The van der Waals surface area contributed by atoms with E-state index in [1.807, 2.05) is 0 Å². The maximum atomic E-state index is 12.9. The van der Waals surface area contributed by atoms with E-state index in [-0.39, 0.29) is 18.4 Å². The Morgan fingerprint density at radius 2 is 2.04 bits per heavy atom. The van der Waals surface area contributed by atoms with E-state index >= 15 is 0 Å². The average molecular weight is 343 g/mol. The molecule has 0 bridgehead atoms. The van der Waals surface area contributed by atoms with Gasteiger partial charge in [0.2, 0.25) is 11.8 Å². The zero-order valence-electron chi connectivity index (χ0n) is 13.5. The molecule has 1 saturated heterocycles. The maximum absolute atomic E-state index is 12.9. The third-order valence-electron chi connectivity index (χ3n) is 4.50. The van der Waals surface area contributed by atoms with Crippen molar-refractivity contribution >= 4 is 5.91 Å². The number of amides is 1. The fraction of sp³-hybridized carbons (Fsp3) is 0.625. The van der Waals surface area contributed by atoms with Gasteiger partial charge in [0.15, 0.2) is 0 Å². The SMILES string of the molecule is CC(C)(COc1ncccc1C(F)(F)F)NC(=O)[C@H]1[C@@H]2CNC[C@@H]21. The second kappa shape index (κ2) is 5.91. The molecule has 0 unspecified atom stereocenters. The van der Waals surface area contributed by atoms with Crippen LogP contribution < -0.4 is 15.4 Å². The number of pyridine rings is 1. The predicted octanol–water partition coefficient (Wildman–Crippen LogP) is 1.84. The molecule has 132 valence electrons. The molecule has 1 amide bonds. The van der Waals surface area contributed by atoms with Crippen molar-refractivity contribution in [3.05, 3.63) is 23.9 Å². The van der Waals surface area contributed by atoms with Gasteiger partial charge in [0.1, 0.15) is 12.2 Å². The molecule has 0 aromatic carbocycles. The number of halogens is 3. The van der Waals surface area contributed by atoms with Crippen LogP contribution in [0.25, 0.3) is 0 Å². The first kappa shape index (κ1) is 17.0. The number of carbonyl (C=O) groups excluding carboxylic acids is 1. The minimum atomic E-state index is -4.53. The summed E-state index contributed by atoms with van der Waals surface area (Å²) in [5, 5.41) is 6.09. The molecule has 0 radical (unpaired) electrons. The zero-order valence-corrected chi connectivity index (χ0v) is 13.5. The molecule has 2 N–H and O–H groups in total. The fourth-order valence-electron chi connectivity index (χ4n) is 3.23. The van der Waals surface area contributed by atoms with Crippen molar-refractivity contribution in [3.8, 4) is 5.88 Å². The third-order valence-corrected chi connectivity index (χ3v) is 4.50. The van der Waals surface area contributed by atoms with E-state index in [1.165, 1.54) is 12.3 Å². The Hall–Kier alpha value is -1.83. The molecule has 0 spiro atoms. The van der Waals surface area contributed by atoms with E-state index in [0.29, 0.717) is 11.8 Å². The van der Waals surface area contributed by atoms with E-state index in [9.17, 15) is 18.0 Å². The lowest BCUT2D eigenvalue weighted by Gasteiger charge is -2.27. The van der Waals surface area contributed by atoms with Crippen LogP contribution >= 0.6 is 0 Å². The van der Waals surface area contributed by atoms with Crippen molar-refractivity contribution in [2.45, 2.75) is 25.6 Å². The molecule has 3 atom stereocenters. The van der Waals surface area contributed by atoms with Crippen molar-refractivity contribution in [1.82, 2.24) is 15.6 Å². The van der Waals surface area contributed by atoms with Crippen LogP contribution in [0.3, 0.4) is 0 Å². The molecule has 2 heterocycles. The highest BCUT2D eigenvalue weighted by molar-refractivity contribution is 5.83. The Morgan fingerprint density at radius 3 is 2.67 bits per heavy atom. The lowest BCUT2D eigenvalue weighted by molar-refractivity contribution is -0.139. The number of ether oxygens (including phenoxy) is 1. The lowest BCUT2D eigenvalue weighted by Crippen LogP contribution is -2.49. The first-order valence-corrected chi connectivity index (χ1v) is 7.87. The van der Waals surface area contributed by atoms with Gasteiger partial charge in [-0.3, -0.25) is 4.79 Å². The normalized spacial score (nSPS) is 26.0. The summed E-state index contributed by atoms with van der Waals surface area (Å²) >= 11 is 0. The molecule has 3 rings (SSSR count). The summed E-state index contributed by atoms with van der Waals surface area (Å²) in [5.74, 6) is 0.242. The smallest absolute Gasteiger partial charge is 0.421 e. The van der Waals surface area contributed by atoms with E-state index < -0.39 is 23.2 Å². The zero-order chi connectivity index (χ0) is 17.5. The van der Waals surface area contributed by atoms with Crippen molar-refractivity contribution in [2.24, 2.45) is 17.8 Å². The quantitative estimate of drug-likeness (QED) is 0.856. The summed E-state index contributed by atoms with van der Waals surface area (Å²) in [7, 11) is 0. The molecule has 5 nitrogen and oxygen atoms in total. The van der Waals surface area contributed by atoms with Crippen molar-refractivity contribution in [2.75, 3.05) is 19.7 Å². The molecular formula is C16H20F3N3O2. The van der Waals surface area contributed by atoms with E-state index in [4.69, 9.17) is 4.74 Å². The molecule has 1 saturated carbocycles. The van der Waals surface area contributed by atoms with Crippen LogP contribution in [0.4, 0.5) is 13.2 Å². The molecule has 24 heavy (non-hydrogen) atoms. The molecule has 1 aromatic heterocycles. The third kappa shape index (κ3) is 3.48. The predicted molar refractivity (Wildman–Crippen MR) is 80.3 cm³/mol. The van der Waals surface area contributed by atoms with Crippen LogP contribution in [0.1, 0.15) is 19.4 Å². The van der Waals surface area contributed by atoms with Crippen LogP contribution in [0.15, 0.2) is 18.3 Å². The van der Waals surface area contributed by atoms with Gasteiger partial charge in [-0.15, -0.1) is 0 Å². The molecule has 8 heteroatoms. The van der Waals surface area contributed by atoms with Gasteiger partial charge in [-0.1, -0.05) is 0 Å². The van der Waals surface area contributed by atoms with Gasteiger partial charge in [0.25, 0.3) is 0 Å². The van der Waals surface area contributed by atoms with Gasteiger partial charge in [0.05, 0.1) is 5.54 Å². The standard InChI is InChI=1S/C16H20F3N3O2/c1-15(2,22-13(23)12-9-6-20-7-10(9)12)8-24-14-11(16(17,18)19)4-3-5-21-14/h3-5,9-10,12,20H,6-8H2,1-2H3,(H,22,23)/t9-,10+,12+. The van der Waals surface area contributed by atoms with E-state index in [0.717, 1.165) is 19.2 Å². The number of nitrogens with zero attached hydrogens (tertiary/aromatic N) is 1. The second-order valence-corrected chi connectivity index (χ2v) is 7.03. The van der Waals surface area contributed by atoms with Crippen LogP contribution in [0.5, 0.6) is 5.88 Å². The molecule has 2 fully saturated rings. The van der Waals surface area contributed by atoms with E-state index in [1.54, 1.807) is 13.8 Å². The van der Waals surface area contributed by atoms with E-state index in [2.05, 4.69) is 15.6 Å². The largest absolute Gasteiger partial charge is 0.475 e. The molecule has 1 aliphatic heterocycles. The first-order valence-electron chi connectivity index (χ1n) is 7.87. The number of carbonyl (C=O) groups is 1. The van der Waals surface area contributed by atoms with Gasteiger partial charge in [0, 0.05) is 12.1 Å². The Labute approximate surface area is 138 Å². The van der Waals surface area contributed by atoms with Crippen LogP contribution in [0, 0.1) is 17.8 Å². The summed E-state index contributed by atoms with van der Waals surface area (Å²) in [6, 6.07) is 2.13. The highest BCUT2D eigenvalue weighted by Gasteiger charge is 2.57. The van der Waals surface area contributed by atoms with Gasteiger partial charge >= 0.3 is 6.18 Å². The molecule has 1 aromatic rings. The second-order valence-electron chi connectivity index (χ2n) is 7.03. The van der Waals surface area contributed by atoms with Crippen molar-refractivity contribution < 1.29 is 22.7 Å². The summed E-state index contributed by atoms with van der Waals surface area (Å²) in [6.07, 6.45) is -3.29. The number of aromatic nitrogens is 1. The lowest BCUT2D eigenvalue weighted by atomic mass is 10.1. The number of alkyl halides is 3. The van der Waals surface area contributed by atoms with Gasteiger partial charge in [-0.25, -0.2) is 4.98 Å². The number of fused-ring (bicyclic) bond motifs is 1. The minimum absolute atomic E-state index is 0.00566. The number of hydrogen-bond donors (Lipinski definition) is 2. The highest BCUT2D eigenvalue weighted by Crippen LogP contribution is 2.48. The van der Waals surface area contributed by atoms with Crippen molar-refractivity contribution in [1.29, 1.82) is 0 Å². The number of piperidine rings is 1. The Kier molecular flexibility index (Phi) is 4.19. The maximum Gasteiger partial charge on any atom is 0.421 e. The monoisotopic (exact) mass is 343 g/mol. The van der Waals surface area contributed by atoms with Gasteiger partial charge < -0.3 is 15.4 Å². The summed E-state index contributed by atoms with van der Waals surface area (Å²) < 4.78 is 44.1. The first-order chi connectivity index (χ1) is 11.2. The Bertz CT molecular complexity index is 623. The summed E-state index contributed by atoms with van der Waals surface area (Å²) in [5.41, 5.74) is -1.71.